The third kappa shape index (κ3) is 4.58. The van der Waals surface area contributed by atoms with Gasteiger partial charge in [-0.2, -0.15) is 0 Å². The smallest absolute Gasteiger partial charge is 0.287 e. The van der Waals surface area contributed by atoms with Crippen molar-refractivity contribution in [3.63, 3.8) is 0 Å². The molecule has 3 heteroatoms. The van der Waals surface area contributed by atoms with Gasteiger partial charge >= 0.3 is 0 Å². The number of carbonyl (C=O) groups is 1. The summed E-state index contributed by atoms with van der Waals surface area (Å²) in [7, 11) is 0. The highest BCUT2D eigenvalue weighted by molar-refractivity contribution is 5.94. The fourth-order valence-corrected chi connectivity index (χ4v) is 3.02. The Morgan fingerprint density at radius 1 is 0.808 bits per heavy atom. The Balaban J connectivity index is 1.81. The minimum atomic E-state index is -0.312. The second-order valence-corrected chi connectivity index (χ2v) is 6.64. The number of amides is 1. The molecule has 0 fully saturated rings. The first-order valence-electron chi connectivity index (χ1n) is 8.96. The second-order valence-electron chi connectivity index (χ2n) is 6.64. The molecule has 3 nitrogen and oxygen atoms in total. The maximum absolute atomic E-state index is 13.0. The lowest BCUT2D eigenvalue weighted by Gasteiger charge is -2.20. The van der Waals surface area contributed by atoms with Gasteiger partial charge in [0.15, 0.2) is 6.04 Å². The number of carbonyl (C=O) groups excluding carboxylic acids is 1. The second kappa shape index (κ2) is 8.45. The average Bonchev–Trinajstić information content (AvgIpc) is 2.69. The molecule has 0 bridgehead atoms. The number of hydrogen-bond acceptors (Lipinski definition) is 1. The number of quaternary nitrogens is 1. The monoisotopic (exact) mass is 345 g/mol. The maximum atomic E-state index is 13.0. The zero-order chi connectivity index (χ0) is 18.4. The minimum absolute atomic E-state index is 0.0113. The van der Waals surface area contributed by atoms with Gasteiger partial charge in [0.1, 0.15) is 6.04 Å². The summed E-state index contributed by atoms with van der Waals surface area (Å²) in [5, 5.41) is 5.17. The molecule has 1 amide bonds. The van der Waals surface area contributed by atoms with Crippen molar-refractivity contribution in [2.75, 3.05) is 5.32 Å². The lowest BCUT2D eigenvalue weighted by molar-refractivity contribution is -0.718. The molecule has 0 saturated heterocycles. The van der Waals surface area contributed by atoms with E-state index >= 15 is 0 Å². The van der Waals surface area contributed by atoms with E-state index in [9.17, 15) is 4.79 Å². The van der Waals surface area contributed by atoms with Gasteiger partial charge in [-0.15, -0.1) is 0 Å². The van der Waals surface area contributed by atoms with Gasteiger partial charge in [-0.3, -0.25) is 4.79 Å². The largest absolute Gasteiger partial charge is 0.326 e. The van der Waals surface area contributed by atoms with Gasteiger partial charge in [-0.05, 0) is 26.0 Å². The zero-order valence-corrected chi connectivity index (χ0v) is 15.2. The Bertz CT molecular complexity index is 829. The van der Waals surface area contributed by atoms with Crippen molar-refractivity contribution >= 4 is 11.6 Å². The molecule has 0 heterocycles. The molecule has 2 atom stereocenters. The van der Waals surface area contributed by atoms with Gasteiger partial charge < -0.3 is 10.6 Å². The number of anilines is 1. The molecule has 0 saturated carbocycles. The van der Waals surface area contributed by atoms with Crippen molar-refractivity contribution in [1.29, 1.82) is 0 Å². The standard InChI is InChI=1S/C23H24N2O/c1-17-13-15-21(16-14-17)25-23(26)22(20-11-7-4-8-12-20)24-18(2)19-9-5-3-6-10-19/h3-16,18,22,24H,1-2H3,(H,25,26)/p+1/t18-,22+/m0/s1. The van der Waals surface area contributed by atoms with E-state index in [4.69, 9.17) is 0 Å². The van der Waals surface area contributed by atoms with Gasteiger partial charge in [0.05, 0.1) is 0 Å². The Hall–Kier alpha value is -2.91. The number of nitrogens with one attached hydrogen (secondary N) is 1. The first-order valence-corrected chi connectivity index (χ1v) is 8.96. The summed E-state index contributed by atoms with van der Waals surface area (Å²) < 4.78 is 0. The Morgan fingerprint density at radius 3 is 1.92 bits per heavy atom. The van der Waals surface area contributed by atoms with Crippen molar-refractivity contribution in [2.45, 2.75) is 25.9 Å². The first-order chi connectivity index (χ1) is 12.6. The van der Waals surface area contributed by atoms with Crippen LogP contribution in [0.25, 0.3) is 0 Å². The lowest BCUT2D eigenvalue weighted by atomic mass is 10.0. The van der Waals surface area contributed by atoms with Crippen LogP contribution in [-0.2, 0) is 4.79 Å². The van der Waals surface area contributed by atoms with Crippen molar-refractivity contribution in [1.82, 2.24) is 0 Å². The van der Waals surface area contributed by atoms with E-state index in [2.05, 4.69) is 29.7 Å². The Kier molecular flexibility index (Phi) is 5.82. The van der Waals surface area contributed by atoms with E-state index in [-0.39, 0.29) is 18.0 Å². The van der Waals surface area contributed by atoms with Crippen molar-refractivity contribution < 1.29 is 10.1 Å². The molecule has 0 radical (unpaired) electrons. The highest BCUT2D eigenvalue weighted by Gasteiger charge is 2.27. The Morgan fingerprint density at radius 2 is 1.35 bits per heavy atom. The maximum Gasteiger partial charge on any atom is 0.287 e. The summed E-state index contributed by atoms with van der Waals surface area (Å²) in [6, 6.07) is 28.0. The van der Waals surface area contributed by atoms with E-state index in [1.807, 2.05) is 79.7 Å². The van der Waals surface area contributed by atoms with Crippen LogP contribution in [0.2, 0.25) is 0 Å². The fourth-order valence-electron chi connectivity index (χ4n) is 3.02. The van der Waals surface area contributed by atoms with Gasteiger partial charge in [0, 0.05) is 16.8 Å². The van der Waals surface area contributed by atoms with Crippen LogP contribution in [0.15, 0.2) is 84.9 Å². The van der Waals surface area contributed by atoms with Crippen LogP contribution in [0, 0.1) is 6.92 Å². The van der Waals surface area contributed by atoms with Crippen molar-refractivity contribution in [3.05, 3.63) is 102 Å². The van der Waals surface area contributed by atoms with Crippen molar-refractivity contribution in [3.8, 4) is 0 Å². The number of aryl methyl sites for hydroxylation is 1. The lowest BCUT2D eigenvalue weighted by Crippen LogP contribution is -2.87. The van der Waals surface area contributed by atoms with Gasteiger partial charge in [-0.1, -0.05) is 78.4 Å². The number of rotatable bonds is 6. The predicted octanol–water partition coefficient (Wildman–Crippen LogP) is 4.00. The summed E-state index contributed by atoms with van der Waals surface area (Å²) in [6.45, 7) is 4.16. The minimum Gasteiger partial charge on any atom is -0.326 e. The van der Waals surface area contributed by atoms with Gasteiger partial charge in [-0.25, -0.2) is 0 Å². The van der Waals surface area contributed by atoms with Crippen LogP contribution in [0.4, 0.5) is 5.69 Å². The number of hydrogen-bond donors (Lipinski definition) is 2. The third-order valence-corrected chi connectivity index (χ3v) is 4.57. The topological polar surface area (TPSA) is 45.7 Å². The van der Waals surface area contributed by atoms with Crippen LogP contribution in [0.5, 0.6) is 0 Å². The van der Waals surface area contributed by atoms with E-state index in [0.29, 0.717) is 0 Å². The summed E-state index contributed by atoms with van der Waals surface area (Å²) >= 11 is 0. The molecule has 0 spiro atoms. The molecular weight excluding hydrogens is 320 g/mol. The van der Waals surface area contributed by atoms with E-state index in [1.165, 1.54) is 11.1 Å². The molecule has 3 N–H and O–H groups in total. The van der Waals surface area contributed by atoms with Crippen LogP contribution < -0.4 is 10.6 Å². The summed E-state index contributed by atoms with van der Waals surface area (Å²) in [5.74, 6) is -0.0113. The zero-order valence-electron chi connectivity index (χ0n) is 15.2. The van der Waals surface area contributed by atoms with Crippen LogP contribution in [-0.4, -0.2) is 5.91 Å². The van der Waals surface area contributed by atoms with Crippen LogP contribution in [0.1, 0.15) is 35.7 Å². The molecule has 26 heavy (non-hydrogen) atoms. The molecular formula is C23H25N2O+. The molecule has 3 aromatic rings. The average molecular weight is 345 g/mol. The molecule has 0 aliphatic carbocycles. The quantitative estimate of drug-likeness (QED) is 0.697. The highest BCUT2D eigenvalue weighted by Crippen LogP contribution is 2.16. The van der Waals surface area contributed by atoms with Gasteiger partial charge in [0.2, 0.25) is 0 Å². The van der Waals surface area contributed by atoms with Crippen LogP contribution in [0.3, 0.4) is 0 Å². The molecule has 3 aromatic carbocycles. The predicted molar refractivity (Wildman–Crippen MR) is 106 cm³/mol. The Labute approximate surface area is 155 Å². The summed E-state index contributed by atoms with van der Waals surface area (Å²) in [5.41, 5.74) is 4.20. The molecule has 0 aliphatic heterocycles. The molecule has 132 valence electrons. The van der Waals surface area contributed by atoms with Crippen LogP contribution >= 0.6 is 0 Å². The highest BCUT2D eigenvalue weighted by atomic mass is 16.2. The molecule has 3 rings (SSSR count). The third-order valence-electron chi connectivity index (χ3n) is 4.57. The molecule has 0 aromatic heterocycles. The fraction of sp³-hybridized carbons (Fsp3) is 0.174. The van der Waals surface area contributed by atoms with Gasteiger partial charge in [0.25, 0.3) is 5.91 Å². The normalized spacial score (nSPS) is 13.0. The van der Waals surface area contributed by atoms with Crippen molar-refractivity contribution in [2.24, 2.45) is 0 Å². The van der Waals surface area contributed by atoms with E-state index < -0.39 is 0 Å². The molecule has 0 aliphatic rings. The summed E-state index contributed by atoms with van der Waals surface area (Å²) in [6.07, 6.45) is 0. The number of benzene rings is 3. The van der Waals surface area contributed by atoms with E-state index in [1.54, 1.807) is 0 Å². The SMILES string of the molecule is Cc1ccc(NC(=O)[C@H]([NH2+][C@@H](C)c2ccccc2)c2ccccc2)cc1. The summed E-state index contributed by atoms with van der Waals surface area (Å²) in [4.78, 5) is 13.0. The number of nitrogens with two attached hydrogens (primary N) is 1. The molecule has 0 unspecified atom stereocenters. The van der Waals surface area contributed by atoms with E-state index in [0.717, 1.165) is 11.3 Å². The first kappa shape index (κ1) is 17.9.